The van der Waals surface area contributed by atoms with Gasteiger partial charge in [0.1, 0.15) is 5.82 Å². The first-order valence-electron chi connectivity index (χ1n) is 6.46. The number of anilines is 1. The normalized spacial score (nSPS) is 17.1. The van der Waals surface area contributed by atoms with E-state index in [1.54, 1.807) is 6.92 Å². The smallest absolute Gasteiger partial charge is 0.126 e. The van der Waals surface area contributed by atoms with E-state index in [4.69, 9.17) is 0 Å². The molecule has 0 radical (unpaired) electrons. The molecule has 3 heteroatoms. The molecule has 2 rings (SSSR count). The summed E-state index contributed by atoms with van der Waals surface area (Å²) in [4.78, 5) is 0. The van der Waals surface area contributed by atoms with Gasteiger partial charge in [0, 0.05) is 12.2 Å². The number of rotatable bonds is 4. The summed E-state index contributed by atoms with van der Waals surface area (Å²) < 4.78 is 13.1. The molecule has 1 saturated heterocycles. The van der Waals surface area contributed by atoms with Gasteiger partial charge in [-0.15, -0.1) is 0 Å². The van der Waals surface area contributed by atoms with Gasteiger partial charge in [-0.2, -0.15) is 0 Å². The van der Waals surface area contributed by atoms with E-state index in [0.717, 1.165) is 31.2 Å². The maximum absolute atomic E-state index is 13.1. The van der Waals surface area contributed by atoms with Gasteiger partial charge in [0.25, 0.3) is 0 Å². The molecule has 2 N–H and O–H groups in total. The molecule has 1 heterocycles. The molecule has 0 amide bonds. The molecule has 0 saturated carbocycles. The van der Waals surface area contributed by atoms with Gasteiger partial charge >= 0.3 is 0 Å². The van der Waals surface area contributed by atoms with Crippen molar-refractivity contribution in [2.45, 2.75) is 26.2 Å². The van der Waals surface area contributed by atoms with E-state index in [-0.39, 0.29) is 5.82 Å². The third-order valence-electron chi connectivity index (χ3n) is 3.50. The number of piperidine rings is 1. The maximum atomic E-state index is 13.1. The summed E-state index contributed by atoms with van der Waals surface area (Å²) >= 11 is 0. The van der Waals surface area contributed by atoms with E-state index in [0.29, 0.717) is 5.56 Å². The second-order valence-electron chi connectivity index (χ2n) is 4.87. The van der Waals surface area contributed by atoms with Gasteiger partial charge in [-0.1, -0.05) is 0 Å². The largest absolute Gasteiger partial charge is 0.385 e. The molecule has 1 aromatic carbocycles. The zero-order valence-electron chi connectivity index (χ0n) is 10.4. The van der Waals surface area contributed by atoms with Crippen molar-refractivity contribution in [3.8, 4) is 0 Å². The topological polar surface area (TPSA) is 24.1 Å². The molecule has 0 aliphatic carbocycles. The number of benzene rings is 1. The third-order valence-corrected chi connectivity index (χ3v) is 3.50. The lowest BCUT2D eigenvalue weighted by atomic mass is 9.95. The van der Waals surface area contributed by atoms with Crippen molar-refractivity contribution in [3.05, 3.63) is 29.6 Å². The molecule has 0 aromatic heterocycles. The molecule has 1 aromatic rings. The minimum Gasteiger partial charge on any atom is -0.385 e. The molecule has 94 valence electrons. The van der Waals surface area contributed by atoms with Crippen LogP contribution in [0.3, 0.4) is 0 Å². The first-order valence-corrected chi connectivity index (χ1v) is 6.46. The molecular weight excluding hydrogens is 215 g/mol. The van der Waals surface area contributed by atoms with Crippen LogP contribution in [0.15, 0.2) is 18.2 Å². The summed E-state index contributed by atoms with van der Waals surface area (Å²) in [5.41, 5.74) is 1.73. The minimum absolute atomic E-state index is 0.131. The van der Waals surface area contributed by atoms with Crippen LogP contribution < -0.4 is 10.6 Å². The number of nitrogens with one attached hydrogen (secondary N) is 2. The van der Waals surface area contributed by atoms with Crippen LogP contribution in [0.1, 0.15) is 24.8 Å². The molecular formula is C14H21FN2. The van der Waals surface area contributed by atoms with Crippen LogP contribution in [0.2, 0.25) is 0 Å². The third kappa shape index (κ3) is 3.70. The van der Waals surface area contributed by atoms with E-state index >= 15 is 0 Å². The van der Waals surface area contributed by atoms with Gasteiger partial charge in [-0.25, -0.2) is 4.39 Å². The van der Waals surface area contributed by atoms with Crippen molar-refractivity contribution in [1.29, 1.82) is 0 Å². The standard InChI is InChI=1S/C14H21FN2/c1-11-10-13(2-3-14(11)15)17-9-6-12-4-7-16-8-5-12/h2-3,10,12,16-17H,4-9H2,1H3. The highest BCUT2D eigenvalue weighted by Gasteiger charge is 2.12. The first kappa shape index (κ1) is 12.4. The van der Waals surface area contributed by atoms with Gasteiger partial charge < -0.3 is 10.6 Å². The minimum atomic E-state index is -0.131. The van der Waals surface area contributed by atoms with E-state index in [9.17, 15) is 4.39 Å². The van der Waals surface area contributed by atoms with Crippen LogP contribution in [0, 0.1) is 18.7 Å². The maximum Gasteiger partial charge on any atom is 0.126 e. The predicted octanol–water partition coefficient (Wildman–Crippen LogP) is 2.94. The SMILES string of the molecule is Cc1cc(NCCC2CCNCC2)ccc1F. The summed E-state index contributed by atoms with van der Waals surface area (Å²) in [7, 11) is 0. The van der Waals surface area contributed by atoms with E-state index in [2.05, 4.69) is 10.6 Å². The Bertz CT molecular complexity index is 359. The Hall–Kier alpha value is -1.09. The highest BCUT2D eigenvalue weighted by atomic mass is 19.1. The number of hydrogen-bond acceptors (Lipinski definition) is 2. The molecule has 17 heavy (non-hydrogen) atoms. The Balaban J connectivity index is 1.75. The Morgan fingerprint density at radius 3 is 2.82 bits per heavy atom. The monoisotopic (exact) mass is 236 g/mol. The molecule has 0 bridgehead atoms. The molecule has 2 nitrogen and oxygen atoms in total. The van der Waals surface area contributed by atoms with Crippen LogP contribution in [-0.4, -0.2) is 19.6 Å². The van der Waals surface area contributed by atoms with Crippen LogP contribution in [0.25, 0.3) is 0 Å². The highest BCUT2D eigenvalue weighted by molar-refractivity contribution is 5.45. The molecule has 1 fully saturated rings. The van der Waals surface area contributed by atoms with Crippen molar-refractivity contribution in [2.75, 3.05) is 25.0 Å². The highest BCUT2D eigenvalue weighted by Crippen LogP contribution is 2.17. The Morgan fingerprint density at radius 1 is 1.35 bits per heavy atom. The Morgan fingerprint density at radius 2 is 2.12 bits per heavy atom. The summed E-state index contributed by atoms with van der Waals surface area (Å²) in [6.45, 7) is 5.09. The number of hydrogen-bond donors (Lipinski definition) is 2. The van der Waals surface area contributed by atoms with Crippen molar-refractivity contribution in [2.24, 2.45) is 5.92 Å². The number of halogens is 1. The average molecular weight is 236 g/mol. The molecule has 0 unspecified atom stereocenters. The molecule has 0 spiro atoms. The lowest BCUT2D eigenvalue weighted by Crippen LogP contribution is -2.28. The van der Waals surface area contributed by atoms with Gasteiger partial charge in [0.15, 0.2) is 0 Å². The van der Waals surface area contributed by atoms with Gasteiger partial charge in [-0.3, -0.25) is 0 Å². The Labute approximate surface area is 103 Å². The summed E-state index contributed by atoms with van der Waals surface area (Å²) in [6.07, 6.45) is 3.77. The predicted molar refractivity (Wildman–Crippen MR) is 69.8 cm³/mol. The average Bonchev–Trinajstić information content (AvgIpc) is 2.35. The fraction of sp³-hybridized carbons (Fsp3) is 0.571. The fourth-order valence-electron chi connectivity index (χ4n) is 2.35. The van der Waals surface area contributed by atoms with Crippen LogP contribution >= 0.6 is 0 Å². The summed E-state index contributed by atoms with van der Waals surface area (Å²) in [6, 6.07) is 5.21. The van der Waals surface area contributed by atoms with E-state index in [1.807, 2.05) is 12.1 Å². The van der Waals surface area contributed by atoms with Gasteiger partial charge in [0.05, 0.1) is 0 Å². The van der Waals surface area contributed by atoms with Crippen molar-refractivity contribution >= 4 is 5.69 Å². The van der Waals surface area contributed by atoms with Crippen LogP contribution in [0.5, 0.6) is 0 Å². The zero-order chi connectivity index (χ0) is 12.1. The lowest BCUT2D eigenvalue weighted by molar-refractivity contribution is 0.361. The molecule has 0 atom stereocenters. The second kappa shape index (κ2) is 6.01. The van der Waals surface area contributed by atoms with E-state index < -0.39 is 0 Å². The first-order chi connectivity index (χ1) is 8.25. The summed E-state index contributed by atoms with van der Waals surface area (Å²) in [5.74, 6) is 0.708. The molecule has 1 aliphatic rings. The van der Waals surface area contributed by atoms with E-state index in [1.165, 1.54) is 25.3 Å². The van der Waals surface area contributed by atoms with Crippen LogP contribution in [-0.2, 0) is 0 Å². The number of aryl methyl sites for hydroxylation is 1. The van der Waals surface area contributed by atoms with Crippen LogP contribution in [0.4, 0.5) is 10.1 Å². The zero-order valence-corrected chi connectivity index (χ0v) is 10.4. The van der Waals surface area contributed by atoms with Crippen molar-refractivity contribution < 1.29 is 4.39 Å². The van der Waals surface area contributed by atoms with Gasteiger partial charge in [-0.05, 0) is 69.0 Å². The summed E-state index contributed by atoms with van der Waals surface area (Å²) in [5, 5.41) is 6.75. The molecule has 1 aliphatic heterocycles. The fourth-order valence-corrected chi connectivity index (χ4v) is 2.35. The van der Waals surface area contributed by atoms with Crippen molar-refractivity contribution in [1.82, 2.24) is 5.32 Å². The second-order valence-corrected chi connectivity index (χ2v) is 4.87. The lowest BCUT2D eigenvalue weighted by Gasteiger charge is -2.22. The quantitative estimate of drug-likeness (QED) is 0.840. The van der Waals surface area contributed by atoms with Gasteiger partial charge in [0.2, 0.25) is 0 Å². The van der Waals surface area contributed by atoms with Crippen molar-refractivity contribution in [3.63, 3.8) is 0 Å². The Kier molecular flexibility index (Phi) is 4.37.